The molecule has 1 aromatic rings. The first-order chi connectivity index (χ1) is 7.47. The quantitative estimate of drug-likeness (QED) is 0.784. The Hall–Kier alpha value is -1.52. The number of nitrogen functional groups attached to an aromatic ring is 1. The van der Waals surface area contributed by atoms with Gasteiger partial charge in [-0.2, -0.15) is 5.10 Å². The molecule has 88 valence electrons. The zero-order valence-corrected chi connectivity index (χ0v) is 9.73. The molecule has 0 radical (unpaired) electrons. The standard InChI is InChI=1S/C11H18N4O/c1-11(2)3-8(11)4-13-10(16)7-15-6-9(12)5-14-15/h5-6,8H,3-4,7,12H2,1-2H3,(H,13,16). The molecular formula is C11H18N4O. The van der Waals surface area contributed by atoms with Gasteiger partial charge in [-0.1, -0.05) is 13.8 Å². The topological polar surface area (TPSA) is 72.9 Å². The fourth-order valence-electron chi connectivity index (χ4n) is 1.83. The fraction of sp³-hybridized carbons (Fsp3) is 0.636. The molecule has 1 aliphatic carbocycles. The summed E-state index contributed by atoms with van der Waals surface area (Å²) in [6.45, 7) is 5.45. The van der Waals surface area contributed by atoms with E-state index in [1.165, 1.54) is 12.6 Å². The molecule has 3 N–H and O–H groups in total. The van der Waals surface area contributed by atoms with Crippen LogP contribution in [-0.4, -0.2) is 22.2 Å². The summed E-state index contributed by atoms with van der Waals surface area (Å²) in [7, 11) is 0. The zero-order chi connectivity index (χ0) is 11.8. The minimum atomic E-state index is -0.00852. The van der Waals surface area contributed by atoms with Crippen LogP contribution in [-0.2, 0) is 11.3 Å². The molecule has 1 fully saturated rings. The second-order valence-electron chi connectivity index (χ2n) is 5.16. The number of nitrogens with two attached hydrogens (primary N) is 1. The first kappa shape index (κ1) is 11.0. The third kappa shape index (κ3) is 2.53. The van der Waals surface area contributed by atoms with E-state index in [1.807, 2.05) is 0 Å². The largest absolute Gasteiger partial charge is 0.396 e. The van der Waals surface area contributed by atoms with Crippen LogP contribution in [0.1, 0.15) is 20.3 Å². The van der Waals surface area contributed by atoms with Crippen molar-refractivity contribution in [3.63, 3.8) is 0 Å². The van der Waals surface area contributed by atoms with Gasteiger partial charge in [0.1, 0.15) is 6.54 Å². The fourth-order valence-corrected chi connectivity index (χ4v) is 1.83. The Labute approximate surface area is 95.0 Å². The summed E-state index contributed by atoms with van der Waals surface area (Å²) in [4.78, 5) is 11.6. The molecule has 1 aromatic heterocycles. The van der Waals surface area contributed by atoms with Crippen LogP contribution < -0.4 is 11.1 Å². The van der Waals surface area contributed by atoms with Crippen molar-refractivity contribution in [2.45, 2.75) is 26.8 Å². The van der Waals surface area contributed by atoms with Crippen LogP contribution >= 0.6 is 0 Å². The van der Waals surface area contributed by atoms with Crippen LogP contribution in [0.2, 0.25) is 0 Å². The van der Waals surface area contributed by atoms with Gasteiger partial charge in [-0.3, -0.25) is 9.48 Å². The maximum absolute atomic E-state index is 11.6. The summed E-state index contributed by atoms with van der Waals surface area (Å²) >= 11 is 0. The van der Waals surface area contributed by atoms with Crippen molar-refractivity contribution in [3.05, 3.63) is 12.4 Å². The van der Waals surface area contributed by atoms with Gasteiger partial charge in [-0.25, -0.2) is 0 Å². The highest BCUT2D eigenvalue weighted by atomic mass is 16.2. The van der Waals surface area contributed by atoms with Gasteiger partial charge in [0.15, 0.2) is 0 Å². The van der Waals surface area contributed by atoms with Crippen molar-refractivity contribution in [3.8, 4) is 0 Å². The highest BCUT2D eigenvalue weighted by Gasteiger charge is 2.45. The van der Waals surface area contributed by atoms with Crippen LogP contribution in [0.15, 0.2) is 12.4 Å². The Morgan fingerprint density at radius 1 is 1.75 bits per heavy atom. The lowest BCUT2D eigenvalue weighted by atomic mass is 10.1. The van der Waals surface area contributed by atoms with E-state index in [0.717, 1.165) is 6.54 Å². The van der Waals surface area contributed by atoms with Gasteiger partial charge in [0.25, 0.3) is 0 Å². The first-order valence-corrected chi connectivity index (χ1v) is 5.52. The summed E-state index contributed by atoms with van der Waals surface area (Å²) in [6, 6.07) is 0. The Bertz CT molecular complexity index is 396. The predicted octanol–water partition coefficient (Wildman–Crippen LogP) is 0.628. The molecular weight excluding hydrogens is 204 g/mol. The van der Waals surface area contributed by atoms with E-state index in [1.54, 1.807) is 10.9 Å². The number of carbonyl (C=O) groups is 1. The third-order valence-electron chi connectivity index (χ3n) is 3.22. The van der Waals surface area contributed by atoms with Crippen LogP contribution in [0.3, 0.4) is 0 Å². The molecule has 1 saturated carbocycles. The van der Waals surface area contributed by atoms with Gasteiger partial charge in [0, 0.05) is 12.7 Å². The zero-order valence-electron chi connectivity index (χ0n) is 9.73. The average molecular weight is 222 g/mol. The lowest BCUT2D eigenvalue weighted by molar-refractivity contribution is -0.121. The smallest absolute Gasteiger partial charge is 0.241 e. The van der Waals surface area contributed by atoms with Crippen LogP contribution in [0.4, 0.5) is 5.69 Å². The Morgan fingerprint density at radius 2 is 2.44 bits per heavy atom. The van der Waals surface area contributed by atoms with E-state index >= 15 is 0 Å². The lowest BCUT2D eigenvalue weighted by Crippen LogP contribution is -2.30. The summed E-state index contributed by atoms with van der Waals surface area (Å²) in [5.41, 5.74) is 6.49. The number of carbonyl (C=O) groups excluding carboxylic acids is 1. The molecule has 0 bridgehead atoms. The van der Waals surface area contributed by atoms with E-state index in [9.17, 15) is 4.79 Å². The summed E-state index contributed by atoms with van der Waals surface area (Å²) < 4.78 is 1.54. The van der Waals surface area contributed by atoms with E-state index in [0.29, 0.717) is 17.0 Å². The Balaban J connectivity index is 1.73. The summed E-state index contributed by atoms with van der Waals surface area (Å²) in [6.07, 6.45) is 4.39. The number of rotatable bonds is 4. The molecule has 2 rings (SSSR count). The number of hydrogen-bond acceptors (Lipinski definition) is 3. The highest BCUT2D eigenvalue weighted by molar-refractivity contribution is 5.75. The summed E-state index contributed by atoms with van der Waals surface area (Å²) in [5, 5.41) is 6.88. The minimum absolute atomic E-state index is 0.00852. The summed E-state index contributed by atoms with van der Waals surface area (Å²) in [5.74, 6) is 0.616. The molecule has 0 aliphatic heterocycles. The van der Waals surface area contributed by atoms with Gasteiger partial charge in [0.05, 0.1) is 11.9 Å². The van der Waals surface area contributed by atoms with Gasteiger partial charge < -0.3 is 11.1 Å². The van der Waals surface area contributed by atoms with Crippen molar-refractivity contribution in [1.29, 1.82) is 0 Å². The normalized spacial score (nSPS) is 21.8. The van der Waals surface area contributed by atoms with Gasteiger partial charge >= 0.3 is 0 Å². The number of nitrogens with one attached hydrogen (secondary N) is 1. The Kier molecular flexibility index (Phi) is 2.61. The number of aromatic nitrogens is 2. The SMILES string of the molecule is CC1(C)CC1CNC(=O)Cn1cc(N)cn1. The molecule has 5 heteroatoms. The van der Waals surface area contributed by atoms with Crippen molar-refractivity contribution >= 4 is 11.6 Å². The minimum Gasteiger partial charge on any atom is -0.396 e. The van der Waals surface area contributed by atoms with Crippen molar-refractivity contribution in [1.82, 2.24) is 15.1 Å². The monoisotopic (exact) mass is 222 g/mol. The molecule has 0 spiro atoms. The third-order valence-corrected chi connectivity index (χ3v) is 3.22. The second-order valence-corrected chi connectivity index (χ2v) is 5.16. The number of anilines is 1. The predicted molar refractivity (Wildman–Crippen MR) is 61.5 cm³/mol. The molecule has 16 heavy (non-hydrogen) atoms. The van der Waals surface area contributed by atoms with E-state index < -0.39 is 0 Å². The molecule has 5 nitrogen and oxygen atoms in total. The van der Waals surface area contributed by atoms with Crippen LogP contribution in [0.5, 0.6) is 0 Å². The first-order valence-electron chi connectivity index (χ1n) is 5.52. The van der Waals surface area contributed by atoms with Gasteiger partial charge in [0.2, 0.25) is 5.91 Å². The molecule has 1 unspecified atom stereocenters. The highest BCUT2D eigenvalue weighted by Crippen LogP contribution is 2.50. The molecule has 1 heterocycles. The number of nitrogens with zero attached hydrogens (tertiary/aromatic N) is 2. The average Bonchev–Trinajstić information content (AvgIpc) is 2.57. The molecule has 1 amide bonds. The maximum atomic E-state index is 11.6. The van der Waals surface area contributed by atoms with Crippen LogP contribution in [0.25, 0.3) is 0 Å². The molecule has 0 saturated heterocycles. The van der Waals surface area contributed by atoms with Crippen molar-refractivity contribution in [2.24, 2.45) is 11.3 Å². The van der Waals surface area contributed by atoms with Gasteiger partial charge in [-0.05, 0) is 17.8 Å². The van der Waals surface area contributed by atoms with E-state index in [2.05, 4.69) is 24.3 Å². The Morgan fingerprint density at radius 3 is 2.94 bits per heavy atom. The van der Waals surface area contributed by atoms with E-state index in [4.69, 9.17) is 5.73 Å². The van der Waals surface area contributed by atoms with Crippen LogP contribution in [0, 0.1) is 11.3 Å². The molecule has 0 aromatic carbocycles. The maximum Gasteiger partial charge on any atom is 0.241 e. The molecule has 1 aliphatic rings. The van der Waals surface area contributed by atoms with Crippen molar-refractivity contribution in [2.75, 3.05) is 12.3 Å². The second kappa shape index (κ2) is 3.81. The van der Waals surface area contributed by atoms with Gasteiger partial charge in [-0.15, -0.1) is 0 Å². The number of hydrogen-bond donors (Lipinski definition) is 2. The molecule has 1 atom stereocenters. The lowest BCUT2D eigenvalue weighted by Gasteiger charge is -2.06. The number of amides is 1. The van der Waals surface area contributed by atoms with Crippen molar-refractivity contribution < 1.29 is 4.79 Å². The van der Waals surface area contributed by atoms with E-state index in [-0.39, 0.29) is 12.5 Å².